The maximum Gasteiger partial charge on any atom is 0.149 e. The number of rotatable bonds is 2. The Balaban J connectivity index is 2.19. The first kappa shape index (κ1) is 8.68. The van der Waals surface area contributed by atoms with Crippen LogP contribution in [0.3, 0.4) is 0 Å². The first-order valence-electron chi connectivity index (χ1n) is 4.31. The molecule has 2 aromatic heterocycles. The highest BCUT2D eigenvalue weighted by atomic mass is 15.3. The standard InChI is InChI=1S/C9H11N5/c1-7-5-14(13-9(7)10)6-8-11-3-2-4-12-8/h2-5H,6H2,1H3,(H2,10,13). The number of nitrogen functional groups attached to an aromatic ring is 1. The summed E-state index contributed by atoms with van der Waals surface area (Å²) in [5.41, 5.74) is 6.59. The number of hydrogen-bond acceptors (Lipinski definition) is 4. The van der Waals surface area contributed by atoms with Crippen molar-refractivity contribution in [2.45, 2.75) is 13.5 Å². The SMILES string of the molecule is Cc1cn(Cc2ncccn2)nc1N. The number of hydrogen-bond donors (Lipinski definition) is 1. The van der Waals surface area contributed by atoms with E-state index in [1.807, 2.05) is 13.1 Å². The zero-order valence-corrected chi connectivity index (χ0v) is 7.88. The fourth-order valence-corrected chi connectivity index (χ4v) is 1.17. The Morgan fingerprint density at radius 1 is 1.36 bits per heavy atom. The van der Waals surface area contributed by atoms with Crippen LogP contribution in [-0.4, -0.2) is 19.7 Å². The van der Waals surface area contributed by atoms with Gasteiger partial charge in [-0.3, -0.25) is 4.68 Å². The van der Waals surface area contributed by atoms with E-state index in [-0.39, 0.29) is 0 Å². The van der Waals surface area contributed by atoms with Crippen LogP contribution >= 0.6 is 0 Å². The van der Waals surface area contributed by atoms with Gasteiger partial charge in [-0.25, -0.2) is 9.97 Å². The molecule has 72 valence electrons. The molecule has 0 radical (unpaired) electrons. The predicted molar refractivity (Wildman–Crippen MR) is 52.5 cm³/mol. The van der Waals surface area contributed by atoms with E-state index in [2.05, 4.69) is 15.1 Å². The molecule has 0 aliphatic rings. The summed E-state index contributed by atoms with van der Waals surface area (Å²) >= 11 is 0. The van der Waals surface area contributed by atoms with Gasteiger partial charge in [-0.1, -0.05) is 0 Å². The minimum absolute atomic E-state index is 0.554. The summed E-state index contributed by atoms with van der Waals surface area (Å²) in [6.07, 6.45) is 5.30. The lowest BCUT2D eigenvalue weighted by molar-refractivity contribution is 0.657. The monoisotopic (exact) mass is 189 g/mol. The number of aromatic nitrogens is 4. The van der Waals surface area contributed by atoms with Crippen LogP contribution < -0.4 is 5.73 Å². The minimum Gasteiger partial charge on any atom is -0.382 e. The number of aryl methyl sites for hydroxylation is 1. The van der Waals surface area contributed by atoms with Crippen molar-refractivity contribution in [1.82, 2.24) is 19.7 Å². The molecular formula is C9H11N5. The Bertz CT molecular complexity index is 401. The second kappa shape index (κ2) is 3.45. The third kappa shape index (κ3) is 1.71. The zero-order chi connectivity index (χ0) is 9.97. The molecule has 0 fully saturated rings. The molecule has 2 aromatic rings. The molecule has 14 heavy (non-hydrogen) atoms. The zero-order valence-electron chi connectivity index (χ0n) is 7.88. The Morgan fingerprint density at radius 2 is 2.07 bits per heavy atom. The van der Waals surface area contributed by atoms with Gasteiger partial charge in [0.25, 0.3) is 0 Å². The summed E-state index contributed by atoms with van der Waals surface area (Å²) in [5.74, 6) is 1.29. The molecule has 5 heteroatoms. The van der Waals surface area contributed by atoms with Gasteiger partial charge < -0.3 is 5.73 Å². The topological polar surface area (TPSA) is 69.6 Å². The lowest BCUT2D eigenvalue weighted by atomic mass is 10.4. The lowest BCUT2D eigenvalue weighted by Gasteiger charge is -1.98. The van der Waals surface area contributed by atoms with Crippen LogP contribution in [0.15, 0.2) is 24.7 Å². The summed E-state index contributed by atoms with van der Waals surface area (Å²) in [4.78, 5) is 8.20. The van der Waals surface area contributed by atoms with E-state index < -0.39 is 0 Å². The molecule has 5 nitrogen and oxygen atoms in total. The van der Waals surface area contributed by atoms with E-state index >= 15 is 0 Å². The number of anilines is 1. The molecule has 0 atom stereocenters. The molecule has 0 aromatic carbocycles. The van der Waals surface area contributed by atoms with Crippen LogP contribution in [0.1, 0.15) is 11.4 Å². The van der Waals surface area contributed by atoms with Crippen molar-refractivity contribution in [2.75, 3.05) is 5.73 Å². The number of nitrogens with two attached hydrogens (primary N) is 1. The van der Waals surface area contributed by atoms with Crippen molar-refractivity contribution in [3.63, 3.8) is 0 Å². The van der Waals surface area contributed by atoms with Gasteiger partial charge in [0.2, 0.25) is 0 Å². The van der Waals surface area contributed by atoms with Crippen LogP contribution in [0, 0.1) is 6.92 Å². The highest BCUT2D eigenvalue weighted by molar-refractivity contribution is 5.35. The van der Waals surface area contributed by atoms with E-state index in [4.69, 9.17) is 5.73 Å². The molecule has 0 unspecified atom stereocenters. The van der Waals surface area contributed by atoms with Gasteiger partial charge in [-0.2, -0.15) is 5.10 Å². The van der Waals surface area contributed by atoms with Gasteiger partial charge in [0.05, 0.1) is 0 Å². The van der Waals surface area contributed by atoms with Gasteiger partial charge >= 0.3 is 0 Å². The van der Waals surface area contributed by atoms with E-state index in [0.29, 0.717) is 12.4 Å². The van der Waals surface area contributed by atoms with Crippen molar-refractivity contribution >= 4 is 5.82 Å². The smallest absolute Gasteiger partial charge is 0.149 e. The van der Waals surface area contributed by atoms with Crippen LogP contribution in [0.25, 0.3) is 0 Å². The fourth-order valence-electron chi connectivity index (χ4n) is 1.17. The Hall–Kier alpha value is -1.91. The molecule has 0 aliphatic carbocycles. The van der Waals surface area contributed by atoms with E-state index in [1.165, 1.54) is 0 Å². The predicted octanol–water partition coefficient (Wildman–Crippen LogP) is 0.612. The van der Waals surface area contributed by atoms with Crippen LogP contribution in [0.4, 0.5) is 5.82 Å². The molecule has 0 saturated carbocycles. The van der Waals surface area contributed by atoms with Crippen molar-refractivity contribution in [1.29, 1.82) is 0 Å². The van der Waals surface area contributed by atoms with Gasteiger partial charge in [0, 0.05) is 24.2 Å². The van der Waals surface area contributed by atoms with E-state index in [1.54, 1.807) is 23.1 Å². The van der Waals surface area contributed by atoms with Crippen molar-refractivity contribution in [3.05, 3.63) is 36.0 Å². The second-order valence-electron chi connectivity index (χ2n) is 3.06. The summed E-state index contributed by atoms with van der Waals surface area (Å²) in [7, 11) is 0. The first-order chi connectivity index (χ1) is 6.75. The maximum absolute atomic E-state index is 5.62. The molecule has 0 saturated heterocycles. The average Bonchev–Trinajstić information content (AvgIpc) is 2.47. The summed E-state index contributed by atoms with van der Waals surface area (Å²) < 4.78 is 1.74. The summed E-state index contributed by atoms with van der Waals surface area (Å²) in [6.45, 7) is 2.48. The van der Waals surface area contributed by atoms with Crippen LogP contribution in [-0.2, 0) is 6.54 Å². The van der Waals surface area contributed by atoms with Crippen LogP contribution in [0.2, 0.25) is 0 Å². The molecule has 0 spiro atoms. The van der Waals surface area contributed by atoms with Crippen molar-refractivity contribution < 1.29 is 0 Å². The molecule has 0 bridgehead atoms. The Labute approximate surface area is 81.6 Å². The summed E-state index contributed by atoms with van der Waals surface area (Å²) in [6, 6.07) is 1.78. The molecule has 0 amide bonds. The van der Waals surface area contributed by atoms with E-state index in [9.17, 15) is 0 Å². The average molecular weight is 189 g/mol. The van der Waals surface area contributed by atoms with Gasteiger partial charge in [-0.05, 0) is 13.0 Å². The molecule has 0 aliphatic heterocycles. The first-order valence-corrected chi connectivity index (χ1v) is 4.31. The summed E-state index contributed by atoms with van der Waals surface area (Å²) in [5, 5.41) is 4.12. The van der Waals surface area contributed by atoms with Gasteiger partial charge in [0.1, 0.15) is 18.2 Å². The molecule has 2 N–H and O–H groups in total. The third-order valence-electron chi connectivity index (χ3n) is 1.91. The highest BCUT2D eigenvalue weighted by Crippen LogP contribution is 2.06. The van der Waals surface area contributed by atoms with Crippen molar-refractivity contribution in [2.24, 2.45) is 0 Å². The minimum atomic E-state index is 0.554. The molecule has 2 heterocycles. The molecule has 2 rings (SSSR count). The normalized spacial score (nSPS) is 10.4. The lowest BCUT2D eigenvalue weighted by Crippen LogP contribution is -2.04. The van der Waals surface area contributed by atoms with Crippen molar-refractivity contribution in [3.8, 4) is 0 Å². The third-order valence-corrected chi connectivity index (χ3v) is 1.91. The maximum atomic E-state index is 5.62. The van der Waals surface area contributed by atoms with E-state index in [0.717, 1.165) is 11.4 Å². The quantitative estimate of drug-likeness (QED) is 0.751. The second-order valence-corrected chi connectivity index (χ2v) is 3.06. The van der Waals surface area contributed by atoms with Gasteiger partial charge in [-0.15, -0.1) is 0 Å². The molecular weight excluding hydrogens is 178 g/mol. The van der Waals surface area contributed by atoms with Gasteiger partial charge in [0.15, 0.2) is 0 Å². The highest BCUT2D eigenvalue weighted by Gasteiger charge is 2.02. The number of nitrogens with zero attached hydrogens (tertiary/aromatic N) is 4. The fraction of sp³-hybridized carbons (Fsp3) is 0.222. The van der Waals surface area contributed by atoms with Crippen LogP contribution in [0.5, 0.6) is 0 Å². The largest absolute Gasteiger partial charge is 0.382 e. The Morgan fingerprint density at radius 3 is 2.64 bits per heavy atom. The Kier molecular flexibility index (Phi) is 2.14.